The fourth-order valence-electron chi connectivity index (χ4n) is 2.58. The Morgan fingerprint density at radius 2 is 2.14 bits per heavy atom. The molecule has 4 rings (SSSR count). The third-order valence-electron chi connectivity index (χ3n) is 4.07. The van der Waals surface area contributed by atoms with E-state index >= 15 is 0 Å². The summed E-state index contributed by atoms with van der Waals surface area (Å²) in [6.07, 6.45) is 5.90. The molecule has 0 atom stereocenters. The summed E-state index contributed by atoms with van der Waals surface area (Å²) in [7, 11) is 0. The maximum atomic E-state index is 12.2. The van der Waals surface area contributed by atoms with Crippen molar-refractivity contribution in [2.24, 2.45) is 0 Å². The maximum absolute atomic E-state index is 12.2. The molecule has 0 bridgehead atoms. The summed E-state index contributed by atoms with van der Waals surface area (Å²) in [4.78, 5) is 27.7. The number of aromatic nitrogens is 4. The largest absolute Gasteiger partial charge is 0.334 e. The van der Waals surface area contributed by atoms with Crippen molar-refractivity contribution in [2.75, 3.05) is 13.1 Å². The minimum atomic E-state index is -0.261. The summed E-state index contributed by atoms with van der Waals surface area (Å²) in [6.45, 7) is 1.22. The second-order valence-electron chi connectivity index (χ2n) is 5.70. The van der Waals surface area contributed by atoms with Gasteiger partial charge in [-0.25, -0.2) is 4.68 Å². The van der Waals surface area contributed by atoms with Crippen molar-refractivity contribution >= 4 is 5.91 Å². The molecule has 0 aromatic carbocycles. The fraction of sp³-hybridized carbons (Fsp3) is 0.429. The van der Waals surface area contributed by atoms with Gasteiger partial charge in [0.1, 0.15) is 0 Å². The van der Waals surface area contributed by atoms with Gasteiger partial charge in [0.2, 0.25) is 5.56 Å². The Morgan fingerprint density at radius 3 is 2.86 bits per heavy atom. The Hall–Kier alpha value is -2.44. The van der Waals surface area contributed by atoms with Crippen molar-refractivity contribution in [1.82, 2.24) is 24.9 Å². The highest BCUT2D eigenvalue weighted by Crippen LogP contribution is 2.39. The molecule has 0 unspecified atom stereocenters. The van der Waals surface area contributed by atoms with E-state index in [4.69, 9.17) is 0 Å². The van der Waals surface area contributed by atoms with E-state index in [1.54, 1.807) is 11.0 Å². The van der Waals surface area contributed by atoms with Crippen LogP contribution in [0.4, 0.5) is 0 Å². The van der Waals surface area contributed by atoms with E-state index in [9.17, 15) is 9.59 Å². The zero-order valence-corrected chi connectivity index (χ0v) is 11.4. The highest BCUT2D eigenvalue weighted by molar-refractivity contribution is 5.94. The van der Waals surface area contributed by atoms with Crippen LogP contribution < -0.4 is 5.56 Å². The summed E-state index contributed by atoms with van der Waals surface area (Å²) in [5.74, 6) is 0.479. The molecule has 1 saturated heterocycles. The zero-order chi connectivity index (χ0) is 14.4. The van der Waals surface area contributed by atoms with Gasteiger partial charge < -0.3 is 9.88 Å². The van der Waals surface area contributed by atoms with Crippen LogP contribution in [0.15, 0.2) is 29.3 Å². The number of H-pyrrole nitrogens is 1. The molecule has 0 radical (unpaired) electrons. The Kier molecular flexibility index (Phi) is 2.66. The lowest BCUT2D eigenvalue weighted by Gasteiger charge is -2.38. The number of nitrogens with one attached hydrogen (secondary N) is 1. The second kappa shape index (κ2) is 4.54. The minimum Gasteiger partial charge on any atom is -0.334 e. The number of rotatable bonds is 3. The Balaban J connectivity index is 1.42. The van der Waals surface area contributed by atoms with E-state index in [0.717, 1.165) is 5.69 Å². The molecule has 3 heterocycles. The smallest absolute Gasteiger partial charge is 0.254 e. The SMILES string of the molecule is O=C(c1cc[nH]c(=O)c1)N1CC(n2cc(C3CC3)nn2)C1. The summed E-state index contributed by atoms with van der Waals surface area (Å²) in [6, 6.07) is 3.14. The number of aromatic amines is 1. The Bertz CT molecular complexity index is 740. The van der Waals surface area contributed by atoms with E-state index in [1.807, 2.05) is 10.9 Å². The number of carbonyl (C=O) groups is 1. The van der Waals surface area contributed by atoms with Gasteiger partial charge in [0, 0.05) is 43.0 Å². The molecule has 7 heteroatoms. The predicted molar refractivity (Wildman–Crippen MR) is 74.0 cm³/mol. The van der Waals surface area contributed by atoms with Gasteiger partial charge in [0.15, 0.2) is 0 Å². The van der Waals surface area contributed by atoms with E-state index < -0.39 is 0 Å². The topological polar surface area (TPSA) is 83.9 Å². The van der Waals surface area contributed by atoms with Gasteiger partial charge in [-0.3, -0.25) is 9.59 Å². The summed E-state index contributed by atoms with van der Waals surface area (Å²) in [5.41, 5.74) is 1.23. The van der Waals surface area contributed by atoms with Crippen LogP contribution in [0, 0.1) is 0 Å². The molecule has 1 N–H and O–H groups in total. The van der Waals surface area contributed by atoms with Crippen molar-refractivity contribution < 1.29 is 4.79 Å². The number of nitrogens with zero attached hydrogens (tertiary/aromatic N) is 4. The molecule has 1 amide bonds. The highest BCUT2D eigenvalue weighted by atomic mass is 16.2. The normalized spacial score (nSPS) is 18.6. The molecule has 2 fully saturated rings. The lowest BCUT2D eigenvalue weighted by molar-refractivity contribution is 0.0498. The molecule has 1 aliphatic carbocycles. The zero-order valence-electron chi connectivity index (χ0n) is 11.4. The molecule has 2 aromatic heterocycles. The van der Waals surface area contributed by atoms with Crippen LogP contribution in [-0.4, -0.2) is 43.9 Å². The van der Waals surface area contributed by atoms with Gasteiger partial charge in [-0.1, -0.05) is 5.21 Å². The van der Waals surface area contributed by atoms with Crippen molar-refractivity contribution in [3.8, 4) is 0 Å². The lowest BCUT2D eigenvalue weighted by Crippen LogP contribution is -2.51. The van der Waals surface area contributed by atoms with E-state index in [-0.39, 0.29) is 17.5 Å². The van der Waals surface area contributed by atoms with Gasteiger partial charge in [0.25, 0.3) is 5.91 Å². The molecule has 0 spiro atoms. The van der Waals surface area contributed by atoms with Gasteiger partial charge >= 0.3 is 0 Å². The molecular formula is C14H15N5O2. The summed E-state index contributed by atoms with van der Waals surface area (Å²) >= 11 is 0. The number of hydrogen-bond donors (Lipinski definition) is 1. The second-order valence-corrected chi connectivity index (χ2v) is 5.70. The molecular weight excluding hydrogens is 270 g/mol. The summed E-state index contributed by atoms with van der Waals surface area (Å²) in [5, 5.41) is 8.34. The molecule has 108 valence electrons. The first-order valence-electron chi connectivity index (χ1n) is 7.10. The average molecular weight is 285 g/mol. The average Bonchev–Trinajstić information content (AvgIpc) is 3.17. The predicted octanol–water partition coefficient (Wildman–Crippen LogP) is 0.541. The third kappa shape index (κ3) is 2.24. The van der Waals surface area contributed by atoms with Gasteiger partial charge in [-0.2, -0.15) is 0 Å². The quantitative estimate of drug-likeness (QED) is 0.892. The van der Waals surface area contributed by atoms with Gasteiger partial charge in [-0.05, 0) is 18.9 Å². The first-order valence-corrected chi connectivity index (χ1v) is 7.10. The van der Waals surface area contributed by atoms with Crippen molar-refractivity contribution in [3.63, 3.8) is 0 Å². The summed E-state index contributed by atoms with van der Waals surface area (Å²) < 4.78 is 1.86. The Labute approximate surface area is 120 Å². The maximum Gasteiger partial charge on any atom is 0.254 e. The number of likely N-dealkylation sites (tertiary alicyclic amines) is 1. The van der Waals surface area contributed by atoms with Crippen LogP contribution in [0.25, 0.3) is 0 Å². The monoisotopic (exact) mass is 285 g/mol. The van der Waals surface area contributed by atoms with E-state index in [1.165, 1.54) is 25.1 Å². The highest BCUT2D eigenvalue weighted by Gasteiger charge is 2.34. The standard InChI is InChI=1S/C14H15N5O2/c20-13-5-10(3-4-15-13)14(21)18-6-11(7-18)19-8-12(16-17-19)9-1-2-9/h3-5,8-9,11H,1-2,6-7H2,(H,15,20). The first kappa shape index (κ1) is 12.3. The number of carbonyl (C=O) groups excluding carboxylic acids is 1. The van der Waals surface area contributed by atoms with Crippen molar-refractivity contribution in [2.45, 2.75) is 24.8 Å². The molecule has 21 heavy (non-hydrogen) atoms. The molecule has 2 aliphatic rings. The molecule has 7 nitrogen and oxygen atoms in total. The first-order chi connectivity index (χ1) is 10.2. The van der Waals surface area contributed by atoms with E-state index in [0.29, 0.717) is 24.6 Å². The van der Waals surface area contributed by atoms with Crippen LogP contribution in [0.1, 0.15) is 40.9 Å². The van der Waals surface area contributed by atoms with Crippen LogP contribution in [0.2, 0.25) is 0 Å². The minimum absolute atomic E-state index is 0.111. The van der Waals surface area contributed by atoms with E-state index in [2.05, 4.69) is 15.3 Å². The number of amides is 1. The van der Waals surface area contributed by atoms with Gasteiger partial charge in [0.05, 0.1) is 11.7 Å². The molecule has 1 aliphatic heterocycles. The molecule has 2 aromatic rings. The lowest BCUT2D eigenvalue weighted by atomic mass is 10.1. The van der Waals surface area contributed by atoms with Crippen LogP contribution in [-0.2, 0) is 0 Å². The van der Waals surface area contributed by atoms with Crippen molar-refractivity contribution in [1.29, 1.82) is 0 Å². The van der Waals surface area contributed by atoms with Crippen molar-refractivity contribution in [3.05, 3.63) is 46.1 Å². The van der Waals surface area contributed by atoms with Crippen LogP contribution in [0.3, 0.4) is 0 Å². The van der Waals surface area contributed by atoms with Gasteiger partial charge in [-0.15, -0.1) is 5.10 Å². The third-order valence-corrected chi connectivity index (χ3v) is 4.07. The Morgan fingerprint density at radius 1 is 1.33 bits per heavy atom. The molecule has 1 saturated carbocycles. The van der Waals surface area contributed by atoms with Crippen LogP contribution in [0.5, 0.6) is 0 Å². The fourth-order valence-corrected chi connectivity index (χ4v) is 2.58. The van der Waals surface area contributed by atoms with Crippen LogP contribution >= 0.6 is 0 Å². The number of pyridine rings is 1. The number of hydrogen-bond acceptors (Lipinski definition) is 4.